The highest BCUT2D eigenvalue weighted by Crippen LogP contribution is 2.26. The van der Waals surface area contributed by atoms with E-state index >= 15 is 0 Å². The summed E-state index contributed by atoms with van der Waals surface area (Å²) in [7, 11) is 1.65. The smallest absolute Gasteiger partial charge is 0.306 e. The first-order valence-electron chi connectivity index (χ1n) is 6.46. The second-order valence-electron chi connectivity index (χ2n) is 4.45. The lowest BCUT2D eigenvalue weighted by atomic mass is 10.1. The van der Waals surface area contributed by atoms with E-state index in [1.807, 2.05) is 25.1 Å². The average Bonchev–Trinajstić information content (AvgIpc) is 2.73. The van der Waals surface area contributed by atoms with E-state index in [1.165, 1.54) is 10.9 Å². The fraction of sp³-hybridized carbons (Fsp3) is 0.400. The van der Waals surface area contributed by atoms with E-state index in [9.17, 15) is 4.79 Å². The molecular weight excluding hydrogens is 242 g/mol. The first-order valence-corrected chi connectivity index (χ1v) is 6.46. The number of aromatic amines is 1. The number of benzene rings is 1. The number of methoxy groups -OCH3 is 1. The molecule has 0 radical (unpaired) electrons. The molecule has 2 rings (SSSR count). The molecule has 4 nitrogen and oxygen atoms in total. The lowest BCUT2D eigenvalue weighted by Gasteiger charge is -2.01. The van der Waals surface area contributed by atoms with E-state index in [1.54, 1.807) is 7.11 Å². The molecule has 0 aliphatic heterocycles. The Morgan fingerprint density at radius 1 is 1.37 bits per heavy atom. The summed E-state index contributed by atoms with van der Waals surface area (Å²) in [6, 6.07) is 5.95. The molecule has 2 aromatic rings. The molecule has 0 amide bonds. The number of esters is 1. The van der Waals surface area contributed by atoms with Gasteiger partial charge in [-0.25, -0.2) is 0 Å². The molecule has 1 aromatic heterocycles. The molecule has 0 aliphatic rings. The summed E-state index contributed by atoms with van der Waals surface area (Å²) in [4.78, 5) is 14.7. The number of nitrogens with one attached hydrogen (secondary N) is 1. The molecule has 1 N–H and O–H groups in total. The Hall–Kier alpha value is -1.97. The van der Waals surface area contributed by atoms with Gasteiger partial charge in [0.1, 0.15) is 5.75 Å². The van der Waals surface area contributed by atoms with Crippen LogP contribution in [0.2, 0.25) is 0 Å². The number of hydrogen-bond donors (Lipinski definition) is 1. The summed E-state index contributed by atoms with van der Waals surface area (Å²) < 4.78 is 10.1. The molecular formula is C15H19NO3. The number of aromatic nitrogens is 1. The van der Waals surface area contributed by atoms with Crippen LogP contribution in [-0.4, -0.2) is 24.7 Å². The van der Waals surface area contributed by atoms with Gasteiger partial charge in [-0.05, 0) is 38.0 Å². The van der Waals surface area contributed by atoms with Gasteiger partial charge in [-0.3, -0.25) is 4.79 Å². The van der Waals surface area contributed by atoms with Crippen LogP contribution in [0.3, 0.4) is 0 Å². The van der Waals surface area contributed by atoms with Crippen LogP contribution < -0.4 is 4.74 Å². The van der Waals surface area contributed by atoms with Crippen LogP contribution in [-0.2, 0) is 16.0 Å². The predicted molar refractivity (Wildman–Crippen MR) is 74.5 cm³/mol. The number of rotatable bonds is 5. The number of fused-ring (bicyclic) bond motifs is 1. The molecule has 0 spiro atoms. The first-order chi connectivity index (χ1) is 9.15. The lowest BCUT2D eigenvalue weighted by molar-refractivity contribution is -0.143. The Morgan fingerprint density at radius 3 is 2.84 bits per heavy atom. The van der Waals surface area contributed by atoms with Crippen LogP contribution in [0.1, 0.15) is 24.6 Å². The Labute approximate surface area is 112 Å². The molecule has 0 bridgehead atoms. The highest BCUT2D eigenvalue weighted by Gasteiger charge is 2.10. The lowest BCUT2D eigenvalue weighted by Crippen LogP contribution is -2.05. The monoisotopic (exact) mass is 261 g/mol. The second kappa shape index (κ2) is 5.78. The maximum Gasteiger partial charge on any atom is 0.306 e. The molecule has 0 saturated carbocycles. The van der Waals surface area contributed by atoms with Crippen molar-refractivity contribution in [1.29, 1.82) is 0 Å². The quantitative estimate of drug-likeness (QED) is 0.842. The largest absolute Gasteiger partial charge is 0.497 e. The fourth-order valence-corrected chi connectivity index (χ4v) is 2.21. The number of hydrogen-bond acceptors (Lipinski definition) is 3. The van der Waals surface area contributed by atoms with Gasteiger partial charge in [0.25, 0.3) is 0 Å². The van der Waals surface area contributed by atoms with E-state index < -0.39 is 0 Å². The molecule has 19 heavy (non-hydrogen) atoms. The normalized spacial score (nSPS) is 10.7. The number of H-pyrrole nitrogens is 1. The maximum atomic E-state index is 11.4. The summed E-state index contributed by atoms with van der Waals surface area (Å²) in [6.07, 6.45) is 1.07. The van der Waals surface area contributed by atoms with Crippen molar-refractivity contribution in [3.8, 4) is 5.75 Å². The molecule has 0 fully saturated rings. The van der Waals surface area contributed by atoms with Crippen LogP contribution in [0.5, 0.6) is 5.75 Å². The van der Waals surface area contributed by atoms with Crippen molar-refractivity contribution >= 4 is 16.9 Å². The topological polar surface area (TPSA) is 51.3 Å². The number of carbonyl (C=O) groups is 1. The second-order valence-corrected chi connectivity index (χ2v) is 4.45. The van der Waals surface area contributed by atoms with Crippen LogP contribution in [0.25, 0.3) is 10.9 Å². The van der Waals surface area contributed by atoms with Crippen molar-refractivity contribution in [1.82, 2.24) is 4.98 Å². The van der Waals surface area contributed by atoms with Gasteiger partial charge in [-0.2, -0.15) is 0 Å². The standard InChI is InChI=1S/C15H19NO3/c1-4-19-15(17)8-7-13-10(2)12-6-5-11(18-3)9-14(12)16-13/h5-6,9,16H,4,7-8H2,1-3H3. The van der Waals surface area contributed by atoms with Crippen molar-refractivity contribution in [2.45, 2.75) is 26.7 Å². The summed E-state index contributed by atoms with van der Waals surface area (Å²) in [6.45, 7) is 4.31. The van der Waals surface area contributed by atoms with Gasteiger partial charge in [-0.1, -0.05) is 0 Å². The van der Waals surface area contributed by atoms with E-state index in [0.29, 0.717) is 19.4 Å². The molecule has 0 atom stereocenters. The van der Waals surface area contributed by atoms with Gasteiger partial charge in [-0.15, -0.1) is 0 Å². The van der Waals surface area contributed by atoms with Crippen molar-refractivity contribution in [3.05, 3.63) is 29.5 Å². The Morgan fingerprint density at radius 2 is 2.16 bits per heavy atom. The highest BCUT2D eigenvalue weighted by atomic mass is 16.5. The van der Waals surface area contributed by atoms with Crippen molar-refractivity contribution in [3.63, 3.8) is 0 Å². The number of aryl methyl sites for hydroxylation is 2. The summed E-state index contributed by atoms with van der Waals surface area (Å²) in [5.74, 6) is 0.670. The van der Waals surface area contributed by atoms with Crippen molar-refractivity contribution in [2.75, 3.05) is 13.7 Å². The molecule has 0 saturated heterocycles. The SMILES string of the molecule is CCOC(=O)CCc1[nH]c2cc(OC)ccc2c1C. The van der Waals surface area contributed by atoms with Gasteiger partial charge in [0.2, 0.25) is 0 Å². The summed E-state index contributed by atoms with van der Waals surface area (Å²) in [5.41, 5.74) is 3.30. The fourth-order valence-electron chi connectivity index (χ4n) is 2.21. The number of ether oxygens (including phenoxy) is 2. The van der Waals surface area contributed by atoms with E-state index in [-0.39, 0.29) is 5.97 Å². The highest BCUT2D eigenvalue weighted by molar-refractivity contribution is 5.85. The minimum absolute atomic E-state index is 0.155. The van der Waals surface area contributed by atoms with Gasteiger partial charge in [0, 0.05) is 22.7 Å². The van der Waals surface area contributed by atoms with Gasteiger partial charge < -0.3 is 14.5 Å². The minimum Gasteiger partial charge on any atom is -0.497 e. The van der Waals surface area contributed by atoms with Gasteiger partial charge >= 0.3 is 5.97 Å². The van der Waals surface area contributed by atoms with Crippen LogP contribution >= 0.6 is 0 Å². The minimum atomic E-state index is -0.155. The molecule has 0 aliphatic carbocycles. The van der Waals surface area contributed by atoms with Crippen LogP contribution in [0, 0.1) is 6.92 Å². The van der Waals surface area contributed by atoms with Crippen molar-refractivity contribution in [2.24, 2.45) is 0 Å². The zero-order valence-electron chi connectivity index (χ0n) is 11.6. The third-order valence-corrected chi connectivity index (χ3v) is 3.25. The van der Waals surface area contributed by atoms with E-state index in [0.717, 1.165) is 17.0 Å². The Balaban J connectivity index is 2.19. The zero-order valence-corrected chi connectivity index (χ0v) is 11.6. The molecule has 1 aromatic carbocycles. The third-order valence-electron chi connectivity index (χ3n) is 3.25. The molecule has 0 unspecified atom stereocenters. The van der Waals surface area contributed by atoms with Crippen molar-refractivity contribution < 1.29 is 14.3 Å². The van der Waals surface area contributed by atoms with Gasteiger partial charge in [0.15, 0.2) is 0 Å². The Kier molecular flexibility index (Phi) is 4.10. The molecule has 1 heterocycles. The molecule has 4 heteroatoms. The maximum absolute atomic E-state index is 11.4. The first kappa shape index (κ1) is 13.5. The number of carbonyl (C=O) groups excluding carboxylic acids is 1. The summed E-state index contributed by atoms with van der Waals surface area (Å²) in [5, 5.41) is 1.17. The van der Waals surface area contributed by atoms with Crippen LogP contribution in [0.4, 0.5) is 0 Å². The van der Waals surface area contributed by atoms with Crippen LogP contribution in [0.15, 0.2) is 18.2 Å². The zero-order chi connectivity index (χ0) is 13.8. The van der Waals surface area contributed by atoms with E-state index in [4.69, 9.17) is 9.47 Å². The third kappa shape index (κ3) is 2.89. The predicted octanol–water partition coefficient (Wildman–Crippen LogP) is 2.98. The molecule has 102 valence electrons. The summed E-state index contributed by atoms with van der Waals surface area (Å²) >= 11 is 0. The Bertz CT molecular complexity index is 586. The van der Waals surface area contributed by atoms with Gasteiger partial charge in [0.05, 0.1) is 20.1 Å². The average molecular weight is 261 g/mol. The van der Waals surface area contributed by atoms with E-state index in [2.05, 4.69) is 11.9 Å².